The summed E-state index contributed by atoms with van der Waals surface area (Å²) >= 11 is 0. The summed E-state index contributed by atoms with van der Waals surface area (Å²) in [6, 6.07) is 27.5. The molecule has 4 nitrogen and oxygen atoms in total. The molecular formula is C25H22N2O2. The van der Waals surface area contributed by atoms with E-state index in [1.54, 1.807) is 14.2 Å². The Morgan fingerprint density at radius 2 is 1.17 bits per heavy atom. The Kier molecular flexibility index (Phi) is 5.86. The van der Waals surface area contributed by atoms with Crippen LogP contribution >= 0.6 is 0 Å². The molecule has 0 bridgehead atoms. The van der Waals surface area contributed by atoms with Gasteiger partial charge in [-0.3, -0.25) is 0 Å². The monoisotopic (exact) mass is 382 g/mol. The van der Waals surface area contributed by atoms with Gasteiger partial charge in [0.1, 0.15) is 11.5 Å². The lowest BCUT2D eigenvalue weighted by Crippen LogP contribution is -2.37. The zero-order valence-corrected chi connectivity index (χ0v) is 16.7. The zero-order chi connectivity index (χ0) is 20.9. The van der Waals surface area contributed by atoms with Crippen LogP contribution in [-0.4, -0.2) is 14.2 Å². The number of rotatable bonds is 6. The van der Waals surface area contributed by atoms with Gasteiger partial charge in [0.05, 0.1) is 31.8 Å². The van der Waals surface area contributed by atoms with Gasteiger partial charge in [-0.1, -0.05) is 48.5 Å². The Balaban J connectivity index is 2.42. The van der Waals surface area contributed by atoms with Crippen LogP contribution in [0, 0.1) is 35.5 Å². The van der Waals surface area contributed by atoms with Crippen LogP contribution in [0.2, 0.25) is 0 Å². The van der Waals surface area contributed by atoms with E-state index in [4.69, 9.17) is 9.47 Å². The van der Waals surface area contributed by atoms with Gasteiger partial charge < -0.3 is 9.47 Å². The van der Waals surface area contributed by atoms with Crippen LogP contribution in [0.15, 0.2) is 72.8 Å². The van der Waals surface area contributed by atoms with Crippen molar-refractivity contribution in [3.05, 3.63) is 95.1 Å². The van der Waals surface area contributed by atoms with Crippen molar-refractivity contribution in [2.45, 2.75) is 12.3 Å². The van der Waals surface area contributed by atoms with Crippen LogP contribution in [0.1, 0.15) is 22.3 Å². The summed E-state index contributed by atoms with van der Waals surface area (Å²) in [5.74, 6) is 0.491. The molecule has 0 fully saturated rings. The van der Waals surface area contributed by atoms with Crippen molar-refractivity contribution in [2.75, 3.05) is 14.2 Å². The number of hydrogen-bond acceptors (Lipinski definition) is 4. The maximum absolute atomic E-state index is 10.0. The summed E-state index contributed by atoms with van der Waals surface area (Å²) < 4.78 is 10.6. The molecule has 0 radical (unpaired) electrons. The lowest BCUT2D eigenvalue weighted by atomic mass is 9.61. The maximum Gasteiger partial charge on any atom is 0.151 e. The largest absolute Gasteiger partial charge is 0.497 e. The van der Waals surface area contributed by atoms with Gasteiger partial charge in [-0.2, -0.15) is 10.5 Å². The van der Waals surface area contributed by atoms with Gasteiger partial charge in [0, 0.05) is 0 Å². The predicted octanol–water partition coefficient (Wildman–Crippen LogP) is 5.01. The molecule has 0 saturated carbocycles. The predicted molar refractivity (Wildman–Crippen MR) is 112 cm³/mol. The molecule has 0 heterocycles. The summed E-state index contributed by atoms with van der Waals surface area (Å²) in [5.41, 5.74) is 2.67. The van der Waals surface area contributed by atoms with E-state index in [0.717, 1.165) is 22.3 Å². The van der Waals surface area contributed by atoms with Gasteiger partial charge >= 0.3 is 0 Å². The minimum absolute atomic E-state index is 0.715. The molecule has 0 aliphatic rings. The molecule has 0 aliphatic carbocycles. The average Bonchev–Trinajstić information content (AvgIpc) is 2.78. The van der Waals surface area contributed by atoms with Crippen LogP contribution < -0.4 is 9.47 Å². The van der Waals surface area contributed by atoms with Crippen LogP contribution in [0.5, 0.6) is 11.5 Å². The number of aryl methyl sites for hydroxylation is 1. The zero-order valence-electron chi connectivity index (χ0n) is 16.7. The van der Waals surface area contributed by atoms with E-state index in [-0.39, 0.29) is 0 Å². The van der Waals surface area contributed by atoms with E-state index in [0.29, 0.717) is 11.5 Å². The molecule has 29 heavy (non-hydrogen) atoms. The van der Waals surface area contributed by atoms with Crippen LogP contribution in [0.3, 0.4) is 0 Å². The van der Waals surface area contributed by atoms with Crippen LogP contribution in [0.25, 0.3) is 0 Å². The molecule has 3 rings (SSSR count). The standard InChI is InChI=1S/C25H22N2O2/c1-18-6-4-5-7-24(18)25(21(16-26)17-27,19-8-12-22(28-2)13-9-19)20-10-14-23(29-3)15-11-20/h4-15,21H,1-3H3. The first-order valence-corrected chi connectivity index (χ1v) is 9.26. The lowest BCUT2D eigenvalue weighted by Gasteiger charge is -2.38. The number of benzene rings is 3. The minimum atomic E-state index is -0.965. The molecule has 0 saturated heterocycles. The molecule has 144 valence electrons. The molecule has 0 N–H and O–H groups in total. The van der Waals surface area contributed by atoms with E-state index in [1.165, 1.54) is 0 Å². The normalized spacial score (nSPS) is 10.8. The third-order valence-electron chi connectivity index (χ3n) is 5.35. The van der Waals surface area contributed by atoms with E-state index in [1.807, 2.05) is 79.7 Å². The molecule has 0 aliphatic heterocycles. The Labute approximate surface area is 171 Å². The van der Waals surface area contributed by atoms with Gasteiger partial charge in [0.2, 0.25) is 0 Å². The highest BCUT2D eigenvalue weighted by Crippen LogP contribution is 2.47. The molecule has 0 aromatic heterocycles. The molecule has 0 amide bonds. The maximum atomic E-state index is 10.0. The van der Waals surface area contributed by atoms with Gasteiger partial charge in [-0.15, -0.1) is 0 Å². The molecule has 3 aromatic rings. The second-order valence-electron chi connectivity index (χ2n) is 6.77. The molecule has 0 spiro atoms. The fourth-order valence-electron chi connectivity index (χ4n) is 3.91. The first kappa shape index (κ1) is 20.0. The lowest BCUT2D eigenvalue weighted by molar-refractivity contribution is 0.413. The summed E-state index contributed by atoms with van der Waals surface area (Å²) in [6.45, 7) is 2.00. The Morgan fingerprint density at radius 3 is 1.55 bits per heavy atom. The van der Waals surface area contributed by atoms with E-state index in [9.17, 15) is 10.5 Å². The quantitative estimate of drug-likeness (QED) is 0.562. The van der Waals surface area contributed by atoms with Crippen molar-refractivity contribution < 1.29 is 9.47 Å². The van der Waals surface area contributed by atoms with Gasteiger partial charge in [0.15, 0.2) is 5.92 Å². The molecule has 0 atom stereocenters. The molecular weight excluding hydrogens is 360 g/mol. The number of methoxy groups -OCH3 is 2. The van der Waals surface area contributed by atoms with Gasteiger partial charge in [0.25, 0.3) is 0 Å². The van der Waals surface area contributed by atoms with E-state index >= 15 is 0 Å². The van der Waals surface area contributed by atoms with Gasteiger partial charge in [-0.25, -0.2) is 0 Å². The Morgan fingerprint density at radius 1 is 0.724 bits per heavy atom. The SMILES string of the molecule is COc1ccc(C(c2ccc(OC)cc2)(c2ccccc2C)C(C#N)C#N)cc1. The van der Waals surface area contributed by atoms with Crippen molar-refractivity contribution >= 4 is 0 Å². The Hall–Kier alpha value is -3.76. The topological polar surface area (TPSA) is 66.0 Å². The highest BCUT2D eigenvalue weighted by Gasteiger charge is 2.45. The number of nitriles is 2. The van der Waals surface area contributed by atoms with Crippen molar-refractivity contribution in [1.82, 2.24) is 0 Å². The molecule has 4 heteroatoms. The second-order valence-corrected chi connectivity index (χ2v) is 6.77. The summed E-state index contributed by atoms with van der Waals surface area (Å²) in [4.78, 5) is 0. The number of hydrogen-bond donors (Lipinski definition) is 0. The van der Waals surface area contributed by atoms with Crippen molar-refractivity contribution in [3.8, 4) is 23.6 Å². The van der Waals surface area contributed by atoms with Crippen molar-refractivity contribution in [3.63, 3.8) is 0 Å². The van der Waals surface area contributed by atoms with Crippen molar-refractivity contribution in [2.24, 2.45) is 5.92 Å². The third kappa shape index (κ3) is 3.42. The minimum Gasteiger partial charge on any atom is -0.497 e. The molecule has 3 aromatic carbocycles. The fraction of sp³-hybridized carbons (Fsp3) is 0.200. The fourth-order valence-corrected chi connectivity index (χ4v) is 3.91. The summed E-state index contributed by atoms with van der Waals surface area (Å²) in [7, 11) is 3.22. The second kappa shape index (κ2) is 8.50. The van der Waals surface area contributed by atoms with Crippen LogP contribution in [0.4, 0.5) is 0 Å². The van der Waals surface area contributed by atoms with Gasteiger partial charge in [-0.05, 0) is 53.4 Å². The number of ether oxygens (including phenoxy) is 2. The van der Waals surface area contributed by atoms with E-state index in [2.05, 4.69) is 12.1 Å². The smallest absolute Gasteiger partial charge is 0.151 e. The average molecular weight is 382 g/mol. The summed E-state index contributed by atoms with van der Waals surface area (Å²) in [5, 5.41) is 20.0. The number of nitrogens with zero attached hydrogens (tertiary/aromatic N) is 2. The first-order valence-electron chi connectivity index (χ1n) is 9.26. The first-order chi connectivity index (χ1) is 14.1. The molecule has 0 unspecified atom stereocenters. The summed E-state index contributed by atoms with van der Waals surface area (Å²) in [6.07, 6.45) is 0. The highest BCUT2D eigenvalue weighted by molar-refractivity contribution is 5.57. The van der Waals surface area contributed by atoms with E-state index < -0.39 is 11.3 Å². The highest BCUT2D eigenvalue weighted by atomic mass is 16.5. The van der Waals surface area contributed by atoms with Crippen LogP contribution in [-0.2, 0) is 5.41 Å². The third-order valence-corrected chi connectivity index (χ3v) is 5.35. The van der Waals surface area contributed by atoms with Crippen molar-refractivity contribution in [1.29, 1.82) is 10.5 Å². The Bertz CT molecular complexity index is 996.